The molecule has 4 heteroatoms. The molecule has 2 atom stereocenters. The maximum atomic E-state index is 10.5. The van der Waals surface area contributed by atoms with Crippen molar-refractivity contribution in [1.82, 2.24) is 10.2 Å². The zero-order valence-electron chi connectivity index (χ0n) is 13.7. The lowest BCUT2D eigenvalue weighted by Crippen LogP contribution is -2.29. The summed E-state index contributed by atoms with van der Waals surface area (Å²) in [6.45, 7) is 3.84. The van der Waals surface area contributed by atoms with E-state index in [1.807, 2.05) is 24.3 Å². The van der Waals surface area contributed by atoms with Gasteiger partial charge < -0.3 is 10.4 Å². The molecule has 2 aromatic rings. The van der Waals surface area contributed by atoms with Gasteiger partial charge in [0, 0.05) is 24.7 Å². The van der Waals surface area contributed by atoms with E-state index in [2.05, 4.69) is 28.4 Å². The smallest absolute Gasteiger partial charge is 0.0749 e. The Morgan fingerprint density at radius 1 is 1.17 bits per heavy atom. The topological polar surface area (TPSA) is 35.5 Å². The van der Waals surface area contributed by atoms with Crippen LogP contribution in [-0.4, -0.2) is 29.2 Å². The predicted molar refractivity (Wildman–Crippen MR) is 97.1 cm³/mol. The van der Waals surface area contributed by atoms with Crippen LogP contribution in [0.5, 0.6) is 0 Å². The van der Waals surface area contributed by atoms with Crippen LogP contribution in [0, 0.1) is 0 Å². The van der Waals surface area contributed by atoms with Crippen LogP contribution in [0.1, 0.15) is 34.7 Å². The van der Waals surface area contributed by atoms with Crippen molar-refractivity contribution in [2.75, 3.05) is 13.1 Å². The molecule has 0 bridgehead atoms. The first kappa shape index (κ1) is 16.1. The van der Waals surface area contributed by atoms with Gasteiger partial charge >= 0.3 is 0 Å². The molecule has 2 heterocycles. The lowest BCUT2D eigenvalue weighted by atomic mass is 9.94. The first-order valence-electron chi connectivity index (χ1n) is 8.70. The summed E-state index contributed by atoms with van der Waals surface area (Å²) in [6.07, 6.45) is 1.60. The largest absolute Gasteiger partial charge is 0.391 e. The van der Waals surface area contributed by atoms with Crippen molar-refractivity contribution in [3.05, 3.63) is 69.7 Å². The Balaban J connectivity index is 1.60. The summed E-state index contributed by atoms with van der Waals surface area (Å²) in [5.74, 6) is 0. The third-order valence-electron chi connectivity index (χ3n) is 5.29. The van der Waals surface area contributed by atoms with Gasteiger partial charge in [-0.15, -0.1) is 0 Å². The number of benzene rings is 2. The van der Waals surface area contributed by atoms with E-state index in [1.54, 1.807) is 0 Å². The summed E-state index contributed by atoms with van der Waals surface area (Å²) < 4.78 is 0. The summed E-state index contributed by atoms with van der Waals surface area (Å²) in [5.41, 5.74) is 5.46. The molecular formula is C20H23ClN2O. The molecule has 2 N–H and O–H groups in total. The predicted octanol–water partition coefficient (Wildman–Crippen LogP) is 3.29. The summed E-state index contributed by atoms with van der Waals surface area (Å²) in [6, 6.07) is 14.6. The van der Waals surface area contributed by atoms with E-state index in [0.29, 0.717) is 0 Å². The summed E-state index contributed by atoms with van der Waals surface area (Å²) in [4.78, 5) is 2.41. The van der Waals surface area contributed by atoms with Gasteiger partial charge in [0.1, 0.15) is 0 Å². The van der Waals surface area contributed by atoms with E-state index < -0.39 is 0 Å². The Kier molecular flexibility index (Phi) is 4.59. The van der Waals surface area contributed by atoms with Crippen LogP contribution in [0.15, 0.2) is 42.5 Å². The minimum absolute atomic E-state index is 0.0554. The van der Waals surface area contributed by atoms with Gasteiger partial charge in [-0.1, -0.05) is 41.9 Å². The average Bonchev–Trinajstić information content (AvgIpc) is 2.97. The van der Waals surface area contributed by atoms with Gasteiger partial charge in [0.05, 0.1) is 12.1 Å². The highest BCUT2D eigenvalue weighted by Crippen LogP contribution is 2.35. The fraction of sp³-hybridized carbons (Fsp3) is 0.400. The Bertz CT molecular complexity index is 716. The number of aliphatic hydroxyl groups is 1. The third-order valence-corrected chi connectivity index (χ3v) is 5.54. The Morgan fingerprint density at radius 3 is 2.83 bits per heavy atom. The standard InChI is InChI=1S/C20H23ClN2O/c21-17-6-4-14(5-7-17)20-19(24)9-11-23(20)13-16-3-1-2-15-12-22-10-8-18(15)16/h1-7,19-20,22,24H,8-13H2/t19-,20-/m1/s1. The molecular weight excluding hydrogens is 320 g/mol. The maximum absolute atomic E-state index is 10.5. The molecule has 4 rings (SSSR count). The zero-order chi connectivity index (χ0) is 16.5. The molecule has 0 aliphatic carbocycles. The van der Waals surface area contributed by atoms with E-state index >= 15 is 0 Å². The Labute approximate surface area is 148 Å². The van der Waals surface area contributed by atoms with E-state index in [1.165, 1.54) is 16.7 Å². The Morgan fingerprint density at radius 2 is 2.00 bits per heavy atom. The summed E-state index contributed by atoms with van der Waals surface area (Å²) in [7, 11) is 0. The lowest BCUT2D eigenvalue weighted by Gasteiger charge is -2.29. The molecule has 0 radical (unpaired) electrons. The number of rotatable bonds is 3. The Hall–Kier alpha value is -1.39. The normalized spacial score (nSPS) is 24.1. The van der Waals surface area contributed by atoms with Gasteiger partial charge in [-0.25, -0.2) is 0 Å². The van der Waals surface area contributed by atoms with Crippen LogP contribution in [0.25, 0.3) is 0 Å². The van der Waals surface area contributed by atoms with Gasteiger partial charge in [-0.3, -0.25) is 4.90 Å². The van der Waals surface area contributed by atoms with Crippen molar-refractivity contribution in [3.8, 4) is 0 Å². The molecule has 0 unspecified atom stereocenters. The summed E-state index contributed by atoms with van der Waals surface area (Å²) >= 11 is 6.02. The maximum Gasteiger partial charge on any atom is 0.0749 e. The minimum atomic E-state index is -0.313. The van der Waals surface area contributed by atoms with Crippen molar-refractivity contribution in [1.29, 1.82) is 0 Å². The van der Waals surface area contributed by atoms with Crippen LogP contribution < -0.4 is 5.32 Å². The molecule has 2 aromatic carbocycles. The molecule has 1 saturated heterocycles. The number of hydrogen-bond acceptors (Lipinski definition) is 3. The third kappa shape index (κ3) is 3.09. The second-order valence-corrected chi connectivity index (χ2v) is 7.24. The molecule has 0 spiro atoms. The number of nitrogens with one attached hydrogen (secondary N) is 1. The van der Waals surface area contributed by atoms with Crippen molar-refractivity contribution >= 4 is 11.6 Å². The van der Waals surface area contributed by atoms with Crippen molar-refractivity contribution in [2.24, 2.45) is 0 Å². The molecule has 2 aliphatic heterocycles. The first-order valence-corrected chi connectivity index (χ1v) is 9.08. The first-order chi connectivity index (χ1) is 11.7. The molecule has 0 aromatic heterocycles. The van der Waals surface area contributed by atoms with Gasteiger partial charge in [0.2, 0.25) is 0 Å². The number of halogens is 1. The van der Waals surface area contributed by atoms with E-state index in [9.17, 15) is 5.11 Å². The van der Waals surface area contributed by atoms with Gasteiger partial charge in [0.15, 0.2) is 0 Å². The van der Waals surface area contributed by atoms with Crippen LogP contribution in [0.4, 0.5) is 0 Å². The second kappa shape index (κ2) is 6.85. The molecule has 24 heavy (non-hydrogen) atoms. The van der Waals surface area contributed by atoms with E-state index in [4.69, 9.17) is 11.6 Å². The van der Waals surface area contributed by atoms with E-state index in [-0.39, 0.29) is 12.1 Å². The molecule has 0 saturated carbocycles. The van der Waals surface area contributed by atoms with Gasteiger partial charge in [-0.2, -0.15) is 0 Å². The molecule has 126 valence electrons. The zero-order valence-corrected chi connectivity index (χ0v) is 14.5. The quantitative estimate of drug-likeness (QED) is 0.898. The highest BCUT2D eigenvalue weighted by atomic mass is 35.5. The average molecular weight is 343 g/mol. The molecule has 3 nitrogen and oxygen atoms in total. The van der Waals surface area contributed by atoms with Crippen molar-refractivity contribution < 1.29 is 5.11 Å². The van der Waals surface area contributed by atoms with Crippen LogP contribution in [0.3, 0.4) is 0 Å². The number of fused-ring (bicyclic) bond motifs is 1. The second-order valence-electron chi connectivity index (χ2n) is 6.80. The SMILES string of the molecule is O[C@@H]1CCN(Cc2cccc3c2CCNC3)[C@@H]1c1ccc(Cl)cc1. The number of hydrogen-bond donors (Lipinski definition) is 2. The fourth-order valence-corrected chi connectivity index (χ4v) is 4.21. The van der Waals surface area contributed by atoms with Crippen LogP contribution in [0.2, 0.25) is 5.02 Å². The highest BCUT2D eigenvalue weighted by molar-refractivity contribution is 6.30. The minimum Gasteiger partial charge on any atom is -0.391 e. The molecule has 0 amide bonds. The fourth-order valence-electron chi connectivity index (χ4n) is 4.09. The highest BCUT2D eigenvalue weighted by Gasteiger charge is 2.34. The molecule has 1 fully saturated rings. The lowest BCUT2D eigenvalue weighted by molar-refractivity contribution is 0.113. The number of nitrogens with zero attached hydrogens (tertiary/aromatic N) is 1. The van der Waals surface area contributed by atoms with E-state index in [0.717, 1.165) is 49.6 Å². The molecule has 2 aliphatic rings. The number of likely N-dealkylation sites (tertiary alicyclic amines) is 1. The van der Waals surface area contributed by atoms with Gasteiger partial charge in [0.25, 0.3) is 0 Å². The van der Waals surface area contributed by atoms with Crippen molar-refractivity contribution in [2.45, 2.75) is 38.1 Å². The van der Waals surface area contributed by atoms with Crippen LogP contribution in [-0.2, 0) is 19.5 Å². The van der Waals surface area contributed by atoms with Crippen LogP contribution >= 0.6 is 11.6 Å². The summed E-state index contributed by atoms with van der Waals surface area (Å²) in [5, 5.41) is 14.7. The van der Waals surface area contributed by atoms with Crippen molar-refractivity contribution in [3.63, 3.8) is 0 Å². The number of aliphatic hydroxyl groups excluding tert-OH is 1. The monoisotopic (exact) mass is 342 g/mol. The van der Waals surface area contributed by atoms with Gasteiger partial charge in [-0.05, 0) is 53.8 Å².